The van der Waals surface area contributed by atoms with Gasteiger partial charge in [-0.2, -0.15) is 0 Å². The Balaban J connectivity index is 2.48. The van der Waals surface area contributed by atoms with Crippen LogP contribution in [-0.2, 0) is 0 Å². The van der Waals surface area contributed by atoms with E-state index in [9.17, 15) is 0 Å². The van der Waals surface area contributed by atoms with Gasteiger partial charge >= 0.3 is 0 Å². The Labute approximate surface area is 82.8 Å². The summed E-state index contributed by atoms with van der Waals surface area (Å²) in [5.41, 5.74) is 0.623. The molecule has 1 unspecified atom stereocenters. The van der Waals surface area contributed by atoms with Crippen molar-refractivity contribution in [1.29, 1.82) is 0 Å². The molecular formula is C12H23N. The molecule has 1 saturated heterocycles. The zero-order chi connectivity index (χ0) is 9.73. The van der Waals surface area contributed by atoms with E-state index < -0.39 is 0 Å². The van der Waals surface area contributed by atoms with Crippen molar-refractivity contribution < 1.29 is 0 Å². The summed E-state index contributed by atoms with van der Waals surface area (Å²) in [6, 6.07) is 0. The molecule has 1 aliphatic rings. The van der Waals surface area contributed by atoms with Crippen molar-refractivity contribution in [3.8, 4) is 0 Å². The molecule has 1 aliphatic heterocycles. The van der Waals surface area contributed by atoms with Crippen molar-refractivity contribution in [3.05, 3.63) is 12.7 Å². The molecule has 0 aromatic carbocycles. The van der Waals surface area contributed by atoms with Crippen molar-refractivity contribution in [2.75, 3.05) is 20.1 Å². The molecule has 1 rings (SSSR count). The third kappa shape index (κ3) is 2.84. The maximum absolute atomic E-state index is 3.82. The molecule has 0 aromatic rings. The van der Waals surface area contributed by atoms with Crippen LogP contribution < -0.4 is 0 Å². The Hall–Kier alpha value is -0.300. The van der Waals surface area contributed by atoms with Crippen molar-refractivity contribution in [1.82, 2.24) is 4.90 Å². The lowest BCUT2D eigenvalue weighted by atomic mass is 9.78. The van der Waals surface area contributed by atoms with Crippen LogP contribution in [0.25, 0.3) is 0 Å². The number of likely N-dealkylation sites (tertiary alicyclic amines) is 1. The standard InChI is InChI=1S/C12H23N/c1-4-6-8-12(7-5-2)9-10-13(3)11-12/h4H,1,5-11H2,2-3H3. The zero-order valence-corrected chi connectivity index (χ0v) is 9.18. The molecular weight excluding hydrogens is 158 g/mol. The zero-order valence-electron chi connectivity index (χ0n) is 9.18. The second kappa shape index (κ2) is 4.80. The van der Waals surface area contributed by atoms with E-state index in [1.54, 1.807) is 0 Å². The highest BCUT2D eigenvalue weighted by atomic mass is 15.1. The highest BCUT2D eigenvalue weighted by molar-refractivity contribution is 4.90. The summed E-state index contributed by atoms with van der Waals surface area (Å²) in [4.78, 5) is 2.47. The highest BCUT2D eigenvalue weighted by Crippen LogP contribution is 2.38. The number of hydrogen-bond donors (Lipinski definition) is 0. The van der Waals surface area contributed by atoms with Crippen LogP contribution in [-0.4, -0.2) is 25.0 Å². The minimum atomic E-state index is 0.623. The maximum atomic E-state index is 3.82. The van der Waals surface area contributed by atoms with E-state index in [1.807, 2.05) is 0 Å². The first-order chi connectivity index (χ1) is 6.22. The van der Waals surface area contributed by atoms with E-state index in [0.717, 1.165) is 0 Å². The number of hydrogen-bond acceptors (Lipinski definition) is 1. The fourth-order valence-electron chi connectivity index (χ4n) is 2.63. The van der Waals surface area contributed by atoms with Gasteiger partial charge in [0.1, 0.15) is 0 Å². The highest BCUT2D eigenvalue weighted by Gasteiger charge is 2.34. The first kappa shape index (κ1) is 10.8. The van der Waals surface area contributed by atoms with Crippen LogP contribution in [0.3, 0.4) is 0 Å². The third-order valence-electron chi connectivity index (χ3n) is 3.29. The maximum Gasteiger partial charge on any atom is 0.00355 e. The molecule has 0 N–H and O–H groups in total. The molecule has 76 valence electrons. The van der Waals surface area contributed by atoms with Gasteiger partial charge < -0.3 is 4.90 Å². The van der Waals surface area contributed by atoms with Crippen LogP contribution in [0.1, 0.15) is 39.0 Å². The second-order valence-corrected chi connectivity index (χ2v) is 4.57. The van der Waals surface area contributed by atoms with E-state index >= 15 is 0 Å². The van der Waals surface area contributed by atoms with E-state index in [-0.39, 0.29) is 0 Å². The van der Waals surface area contributed by atoms with Crippen LogP contribution in [0.2, 0.25) is 0 Å². The van der Waals surface area contributed by atoms with Gasteiger partial charge in [-0.05, 0) is 44.7 Å². The van der Waals surface area contributed by atoms with Gasteiger partial charge in [0.05, 0.1) is 0 Å². The number of allylic oxidation sites excluding steroid dienone is 1. The monoisotopic (exact) mass is 181 g/mol. The molecule has 1 heterocycles. The van der Waals surface area contributed by atoms with Gasteiger partial charge in [0.2, 0.25) is 0 Å². The minimum absolute atomic E-state index is 0.623. The van der Waals surface area contributed by atoms with Gasteiger partial charge in [0.15, 0.2) is 0 Å². The molecule has 1 fully saturated rings. The Kier molecular flexibility index (Phi) is 3.98. The lowest BCUT2D eigenvalue weighted by Gasteiger charge is -2.28. The van der Waals surface area contributed by atoms with E-state index in [1.165, 1.54) is 45.2 Å². The fraction of sp³-hybridized carbons (Fsp3) is 0.833. The van der Waals surface area contributed by atoms with Gasteiger partial charge in [0, 0.05) is 6.54 Å². The van der Waals surface area contributed by atoms with Crippen LogP contribution in [0.5, 0.6) is 0 Å². The Morgan fingerprint density at radius 1 is 1.46 bits per heavy atom. The normalized spacial score (nSPS) is 29.4. The molecule has 0 aromatic heterocycles. The average molecular weight is 181 g/mol. The molecule has 0 bridgehead atoms. The molecule has 13 heavy (non-hydrogen) atoms. The van der Waals surface area contributed by atoms with Gasteiger partial charge in [0.25, 0.3) is 0 Å². The van der Waals surface area contributed by atoms with Gasteiger partial charge in [-0.1, -0.05) is 19.4 Å². The molecule has 0 aliphatic carbocycles. The number of nitrogens with zero attached hydrogens (tertiary/aromatic N) is 1. The van der Waals surface area contributed by atoms with Crippen molar-refractivity contribution in [3.63, 3.8) is 0 Å². The molecule has 1 nitrogen and oxygen atoms in total. The predicted molar refractivity (Wildman–Crippen MR) is 58.9 cm³/mol. The third-order valence-corrected chi connectivity index (χ3v) is 3.29. The first-order valence-corrected chi connectivity index (χ1v) is 5.52. The second-order valence-electron chi connectivity index (χ2n) is 4.57. The average Bonchev–Trinajstić information content (AvgIpc) is 2.46. The predicted octanol–water partition coefficient (Wildman–Crippen LogP) is 3.07. The van der Waals surface area contributed by atoms with E-state index in [0.29, 0.717) is 5.41 Å². The SMILES string of the molecule is C=CCCC1(CCC)CCN(C)C1. The summed E-state index contributed by atoms with van der Waals surface area (Å²) >= 11 is 0. The van der Waals surface area contributed by atoms with Crippen molar-refractivity contribution >= 4 is 0 Å². The lowest BCUT2D eigenvalue weighted by molar-refractivity contribution is 0.240. The van der Waals surface area contributed by atoms with Crippen molar-refractivity contribution in [2.24, 2.45) is 5.41 Å². The molecule has 0 spiro atoms. The van der Waals surface area contributed by atoms with Crippen molar-refractivity contribution in [2.45, 2.75) is 39.0 Å². The Morgan fingerprint density at radius 2 is 2.23 bits per heavy atom. The quantitative estimate of drug-likeness (QED) is 0.589. The lowest BCUT2D eigenvalue weighted by Crippen LogP contribution is -2.24. The van der Waals surface area contributed by atoms with Gasteiger partial charge in [-0.15, -0.1) is 6.58 Å². The smallest absolute Gasteiger partial charge is 0.00355 e. The molecule has 0 saturated carbocycles. The van der Waals surface area contributed by atoms with Crippen LogP contribution >= 0.6 is 0 Å². The first-order valence-electron chi connectivity index (χ1n) is 5.52. The van der Waals surface area contributed by atoms with Gasteiger partial charge in [-0.25, -0.2) is 0 Å². The summed E-state index contributed by atoms with van der Waals surface area (Å²) in [6.45, 7) is 8.71. The van der Waals surface area contributed by atoms with Gasteiger partial charge in [-0.3, -0.25) is 0 Å². The molecule has 0 amide bonds. The van der Waals surface area contributed by atoms with E-state index in [2.05, 4.69) is 31.5 Å². The summed E-state index contributed by atoms with van der Waals surface area (Å²) in [5.74, 6) is 0. The van der Waals surface area contributed by atoms with Crippen LogP contribution in [0.4, 0.5) is 0 Å². The summed E-state index contributed by atoms with van der Waals surface area (Å²) in [7, 11) is 2.24. The summed E-state index contributed by atoms with van der Waals surface area (Å²) in [6.07, 6.45) is 8.71. The Bertz CT molecular complexity index is 161. The van der Waals surface area contributed by atoms with Crippen LogP contribution in [0, 0.1) is 5.41 Å². The Morgan fingerprint density at radius 3 is 2.69 bits per heavy atom. The summed E-state index contributed by atoms with van der Waals surface area (Å²) < 4.78 is 0. The number of rotatable bonds is 5. The molecule has 0 radical (unpaired) electrons. The fourth-order valence-corrected chi connectivity index (χ4v) is 2.63. The molecule has 1 heteroatoms. The largest absolute Gasteiger partial charge is 0.306 e. The van der Waals surface area contributed by atoms with Crippen LogP contribution in [0.15, 0.2) is 12.7 Å². The molecule has 1 atom stereocenters. The summed E-state index contributed by atoms with van der Waals surface area (Å²) in [5, 5.41) is 0. The minimum Gasteiger partial charge on any atom is -0.306 e. The van der Waals surface area contributed by atoms with E-state index in [4.69, 9.17) is 0 Å². The topological polar surface area (TPSA) is 3.24 Å².